The fourth-order valence-electron chi connectivity index (χ4n) is 2.91. The van der Waals surface area contributed by atoms with Crippen LogP contribution in [0.15, 0.2) is 45.6 Å². The molecule has 2 rings (SSSR count). The summed E-state index contributed by atoms with van der Waals surface area (Å²) in [5.74, 6) is 0.218. The lowest BCUT2D eigenvalue weighted by molar-refractivity contribution is -0.138. The summed E-state index contributed by atoms with van der Waals surface area (Å²) in [5, 5.41) is 9.39. The highest BCUT2D eigenvalue weighted by Crippen LogP contribution is 2.28. The molecule has 5 nitrogen and oxygen atoms in total. The van der Waals surface area contributed by atoms with E-state index in [0.717, 1.165) is 56.5 Å². The van der Waals surface area contributed by atoms with E-state index >= 15 is 0 Å². The third-order valence-electron chi connectivity index (χ3n) is 4.22. The molecule has 0 atom stereocenters. The molecule has 0 saturated carbocycles. The molecule has 1 heterocycles. The average Bonchev–Trinajstić information content (AvgIpc) is 3.13. The third kappa shape index (κ3) is 6.24. The molecule has 1 aromatic rings. The fraction of sp³-hybridized carbons (Fsp3) is 0.500. The number of hydrogen-bond acceptors (Lipinski definition) is 5. The van der Waals surface area contributed by atoms with Crippen LogP contribution in [-0.2, 0) is 20.7 Å². The van der Waals surface area contributed by atoms with Crippen molar-refractivity contribution in [2.24, 2.45) is 0 Å². The van der Waals surface area contributed by atoms with E-state index in [1.165, 1.54) is 5.57 Å². The fourth-order valence-corrected chi connectivity index (χ4v) is 2.91. The average molecular weight is 343 g/mol. The summed E-state index contributed by atoms with van der Waals surface area (Å²) < 4.78 is 15.5. The van der Waals surface area contributed by atoms with Crippen LogP contribution in [0.1, 0.15) is 44.3 Å². The highest BCUT2D eigenvalue weighted by molar-refractivity contribution is 5.94. The maximum atomic E-state index is 12.2. The predicted molar refractivity (Wildman–Crippen MR) is 93.7 cm³/mol. The zero-order valence-electron chi connectivity index (χ0n) is 14.8. The Morgan fingerprint density at radius 1 is 1.28 bits per heavy atom. The first-order chi connectivity index (χ1) is 12.2. The molecule has 134 valence electrons. The first-order valence-electron chi connectivity index (χ1n) is 8.75. The summed E-state index contributed by atoms with van der Waals surface area (Å²) >= 11 is 0. The maximum Gasteiger partial charge on any atom is 0.349 e. The molecule has 1 aliphatic rings. The van der Waals surface area contributed by atoms with Crippen LogP contribution in [0.2, 0.25) is 0 Å². The van der Waals surface area contributed by atoms with Crippen molar-refractivity contribution in [3.8, 4) is 6.07 Å². The van der Waals surface area contributed by atoms with E-state index in [0.29, 0.717) is 6.42 Å². The van der Waals surface area contributed by atoms with Crippen molar-refractivity contribution in [2.75, 3.05) is 20.3 Å². The van der Waals surface area contributed by atoms with E-state index in [-0.39, 0.29) is 12.2 Å². The number of carbonyl (C=O) groups is 1. The van der Waals surface area contributed by atoms with Crippen LogP contribution in [0.25, 0.3) is 0 Å². The van der Waals surface area contributed by atoms with Crippen LogP contribution < -0.4 is 0 Å². The Morgan fingerprint density at radius 2 is 2.16 bits per heavy atom. The molecule has 0 unspecified atom stereocenters. The Bertz CT molecular complexity index is 650. The van der Waals surface area contributed by atoms with E-state index < -0.39 is 5.97 Å². The minimum absolute atomic E-state index is 0.133. The monoisotopic (exact) mass is 343 g/mol. The van der Waals surface area contributed by atoms with Gasteiger partial charge in [0.1, 0.15) is 17.4 Å². The molecular formula is C20H25NO4. The van der Waals surface area contributed by atoms with Crippen LogP contribution in [0.4, 0.5) is 0 Å². The summed E-state index contributed by atoms with van der Waals surface area (Å²) in [6, 6.07) is 5.65. The highest BCUT2D eigenvalue weighted by atomic mass is 16.5. The van der Waals surface area contributed by atoms with Crippen LogP contribution in [-0.4, -0.2) is 26.3 Å². The van der Waals surface area contributed by atoms with Gasteiger partial charge in [-0.25, -0.2) is 4.79 Å². The lowest BCUT2D eigenvalue weighted by Crippen LogP contribution is -2.12. The molecule has 0 aliphatic heterocycles. The van der Waals surface area contributed by atoms with Gasteiger partial charge in [-0.3, -0.25) is 0 Å². The first-order valence-corrected chi connectivity index (χ1v) is 8.75. The van der Waals surface area contributed by atoms with Crippen LogP contribution in [0.5, 0.6) is 0 Å². The number of esters is 1. The van der Waals surface area contributed by atoms with Gasteiger partial charge in [-0.05, 0) is 56.2 Å². The van der Waals surface area contributed by atoms with E-state index in [4.69, 9.17) is 13.9 Å². The van der Waals surface area contributed by atoms with Crippen molar-refractivity contribution in [1.82, 2.24) is 0 Å². The van der Waals surface area contributed by atoms with Crippen LogP contribution >= 0.6 is 0 Å². The summed E-state index contributed by atoms with van der Waals surface area (Å²) in [6.07, 6.45) is 9.92. The number of rotatable bonds is 9. The SMILES string of the molecule is COCCCCC1=C/C(=C(/C#N)C(=O)OCCc2ccco2)CCC1. The molecule has 0 amide bonds. The number of nitriles is 1. The largest absolute Gasteiger partial charge is 0.469 e. The number of allylic oxidation sites excluding steroid dienone is 3. The van der Waals surface area contributed by atoms with Crippen LogP contribution in [0.3, 0.4) is 0 Å². The molecule has 0 spiro atoms. The number of carbonyl (C=O) groups excluding carboxylic acids is 1. The molecule has 1 aliphatic carbocycles. The minimum Gasteiger partial charge on any atom is -0.469 e. The van der Waals surface area contributed by atoms with Gasteiger partial charge < -0.3 is 13.9 Å². The smallest absolute Gasteiger partial charge is 0.349 e. The Labute approximate surface area is 148 Å². The second-order valence-electron chi connectivity index (χ2n) is 6.08. The van der Waals surface area contributed by atoms with Crippen molar-refractivity contribution < 1.29 is 18.7 Å². The van der Waals surface area contributed by atoms with Gasteiger partial charge in [-0.2, -0.15) is 5.26 Å². The second kappa shape index (κ2) is 10.5. The van der Waals surface area contributed by atoms with Gasteiger partial charge in [-0.1, -0.05) is 11.6 Å². The maximum absolute atomic E-state index is 12.2. The van der Waals surface area contributed by atoms with Crippen molar-refractivity contribution in [2.45, 2.75) is 44.9 Å². The lowest BCUT2D eigenvalue weighted by Gasteiger charge is -2.16. The lowest BCUT2D eigenvalue weighted by atomic mass is 9.90. The van der Waals surface area contributed by atoms with E-state index in [1.807, 2.05) is 18.2 Å². The summed E-state index contributed by atoms with van der Waals surface area (Å²) in [5.41, 5.74) is 2.24. The molecule has 25 heavy (non-hydrogen) atoms. The molecule has 5 heteroatoms. The van der Waals surface area contributed by atoms with E-state index in [2.05, 4.69) is 0 Å². The number of hydrogen-bond donors (Lipinski definition) is 0. The molecule has 1 aromatic heterocycles. The third-order valence-corrected chi connectivity index (χ3v) is 4.22. The Kier molecular flexibility index (Phi) is 8.00. The second-order valence-corrected chi connectivity index (χ2v) is 6.08. The molecule has 0 bridgehead atoms. The number of methoxy groups -OCH3 is 1. The quantitative estimate of drug-likeness (QED) is 0.292. The van der Waals surface area contributed by atoms with Gasteiger partial charge in [0, 0.05) is 20.1 Å². The molecular weight excluding hydrogens is 318 g/mol. The normalized spacial score (nSPS) is 16.1. The van der Waals surface area contributed by atoms with E-state index in [1.54, 1.807) is 19.4 Å². The van der Waals surface area contributed by atoms with Crippen molar-refractivity contribution >= 4 is 5.97 Å². The van der Waals surface area contributed by atoms with Gasteiger partial charge in [0.05, 0.1) is 12.9 Å². The first kappa shape index (κ1) is 19.0. The minimum atomic E-state index is -0.541. The van der Waals surface area contributed by atoms with Gasteiger partial charge >= 0.3 is 5.97 Å². The summed E-state index contributed by atoms with van der Waals surface area (Å²) in [6.45, 7) is 0.972. The molecule has 0 N–H and O–H groups in total. The van der Waals surface area contributed by atoms with Crippen LogP contribution in [0, 0.1) is 11.3 Å². The van der Waals surface area contributed by atoms with Gasteiger partial charge in [0.15, 0.2) is 0 Å². The summed E-state index contributed by atoms with van der Waals surface area (Å²) in [4.78, 5) is 12.2. The zero-order chi connectivity index (χ0) is 17.9. The Morgan fingerprint density at radius 3 is 2.88 bits per heavy atom. The molecule has 0 fully saturated rings. The van der Waals surface area contributed by atoms with Gasteiger partial charge in [0.25, 0.3) is 0 Å². The number of furan rings is 1. The van der Waals surface area contributed by atoms with Gasteiger partial charge in [0.2, 0.25) is 0 Å². The molecule has 0 aromatic carbocycles. The van der Waals surface area contributed by atoms with Gasteiger partial charge in [-0.15, -0.1) is 0 Å². The Balaban J connectivity index is 1.93. The van der Waals surface area contributed by atoms with Crippen molar-refractivity contribution in [1.29, 1.82) is 5.26 Å². The number of unbranched alkanes of at least 4 members (excludes halogenated alkanes) is 1. The topological polar surface area (TPSA) is 72.5 Å². The Hall–Kier alpha value is -2.32. The zero-order valence-corrected chi connectivity index (χ0v) is 14.8. The molecule has 0 saturated heterocycles. The number of ether oxygens (including phenoxy) is 2. The van der Waals surface area contributed by atoms with Crippen molar-refractivity contribution in [3.05, 3.63) is 47.0 Å². The number of nitrogens with zero attached hydrogens (tertiary/aromatic N) is 1. The summed E-state index contributed by atoms with van der Waals surface area (Å²) in [7, 11) is 1.71. The predicted octanol–water partition coefficient (Wildman–Crippen LogP) is 4.11. The van der Waals surface area contributed by atoms with Crippen molar-refractivity contribution in [3.63, 3.8) is 0 Å². The molecule has 0 radical (unpaired) electrons. The highest BCUT2D eigenvalue weighted by Gasteiger charge is 2.18. The standard InChI is InChI=1S/C20H25NO4/c1-23-11-3-2-6-16-7-4-8-17(14-16)19(15-21)20(22)25-13-10-18-9-5-12-24-18/h5,9,12,14H,2-4,6-8,10-11,13H2,1H3/b19-17-. The van der Waals surface area contributed by atoms with E-state index in [9.17, 15) is 10.1 Å².